The molecule has 1 saturated carbocycles. The summed E-state index contributed by atoms with van der Waals surface area (Å²) in [5.74, 6) is 0.383. The molecule has 2 amide bonds. The Kier molecular flexibility index (Phi) is 11.4. The lowest BCUT2D eigenvalue weighted by atomic mass is 9.57. The molecule has 0 spiro atoms. The summed E-state index contributed by atoms with van der Waals surface area (Å²) in [5, 5.41) is 5.61. The van der Waals surface area contributed by atoms with Gasteiger partial charge in [0.05, 0.1) is 12.0 Å². The molecule has 2 aromatic carbocycles. The number of pyridine rings is 1. The zero-order chi connectivity index (χ0) is 37.9. The van der Waals surface area contributed by atoms with Gasteiger partial charge in [0.2, 0.25) is 15.7 Å². The lowest BCUT2D eigenvalue weighted by Crippen LogP contribution is -2.60. The van der Waals surface area contributed by atoms with Crippen LogP contribution in [-0.4, -0.2) is 101 Å². The van der Waals surface area contributed by atoms with E-state index >= 15 is 0 Å². The number of hydrogen-bond donors (Lipinski definition) is 2. The van der Waals surface area contributed by atoms with E-state index in [4.69, 9.17) is 4.74 Å². The number of carbonyl (C=O) groups is 2. The van der Waals surface area contributed by atoms with Crippen LogP contribution in [-0.2, 0) is 24.8 Å². The van der Waals surface area contributed by atoms with E-state index in [1.165, 1.54) is 37.9 Å². The summed E-state index contributed by atoms with van der Waals surface area (Å²) in [6, 6.07) is 17.0. The van der Waals surface area contributed by atoms with Gasteiger partial charge in [-0.25, -0.2) is 22.6 Å². The second-order valence-corrected chi connectivity index (χ2v) is 17.3. The van der Waals surface area contributed by atoms with Crippen LogP contribution in [0.15, 0.2) is 89.4 Å². The van der Waals surface area contributed by atoms with Crippen molar-refractivity contribution in [3.63, 3.8) is 0 Å². The van der Waals surface area contributed by atoms with Gasteiger partial charge in [-0.15, -0.1) is 0 Å². The highest BCUT2D eigenvalue weighted by Crippen LogP contribution is 2.51. The van der Waals surface area contributed by atoms with E-state index in [-0.39, 0.29) is 33.1 Å². The van der Waals surface area contributed by atoms with Gasteiger partial charge >= 0.3 is 6.09 Å². The Hall–Kier alpha value is -4.33. The van der Waals surface area contributed by atoms with Crippen molar-refractivity contribution in [2.45, 2.75) is 59.9 Å². The number of hydrogen-bond acceptors (Lipinski definition) is 9. The second-order valence-electron chi connectivity index (χ2n) is 15.4. The largest absolute Gasteiger partial charge is 0.453 e. The van der Waals surface area contributed by atoms with Crippen molar-refractivity contribution in [3.05, 3.63) is 90.9 Å². The van der Waals surface area contributed by atoms with E-state index in [9.17, 15) is 22.4 Å². The summed E-state index contributed by atoms with van der Waals surface area (Å²) in [7, 11) is -2.47. The van der Waals surface area contributed by atoms with Crippen LogP contribution in [0.5, 0.6) is 0 Å². The first-order valence-corrected chi connectivity index (χ1v) is 20.6. The smallest absolute Gasteiger partial charge is 0.407 e. The molecule has 54 heavy (non-hydrogen) atoms. The number of nitrogens with zero attached hydrogens (tertiary/aromatic N) is 4. The van der Waals surface area contributed by atoms with Crippen molar-refractivity contribution in [2.24, 2.45) is 17.8 Å². The molecule has 1 aliphatic carbocycles. The fourth-order valence-electron chi connectivity index (χ4n) is 9.41. The van der Waals surface area contributed by atoms with E-state index in [1.807, 2.05) is 18.2 Å². The number of aromatic nitrogens is 1. The number of likely N-dealkylation sites (tertiary alicyclic amines) is 2. The van der Waals surface area contributed by atoms with Gasteiger partial charge in [-0.2, -0.15) is 0 Å². The van der Waals surface area contributed by atoms with Crippen LogP contribution < -0.4 is 15.5 Å². The highest BCUT2D eigenvalue weighted by atomic mass is 32.2. The fourth-order valence-corrected chi connectivity index (χ4v) is 10.6. The van der Waals surface area contributed by atoms with Gasteiger partial charge in [-0.05, 0) is 130 Å². The molecule has 3 aliphatic heterocycles. The minimum absolute atomic E-state index is 0.0188. The van der Waals surface area contributed by atoms with Crippen molar-refractivity contribution in [1.82, 2.24) is 20.1 Å². The third-order valence-electron chi connectivity index (χ3n) is 12.2. The normalized spacial score (nSPS) is 22.4. The predicted octanol–water partition coefficient (Wildman–Crippen LogP) is 5.49. The molecule has 3 saturated heterocycles. The molecule has 2 N–H and O–H groups in total. The van der Waals surface area contributed by atoms with Gasteiger partial charge in [0.1, 0.15) is 5.82 Å². The lowest BCUT2D eigenvalue weighted by Gasteiger charge is -2.54. The first-order chi connectivity index (χ1) is 26.1. The third kappa shape index (κ3) is 7.90. The van der Waals surface area contributed by atoms with Crippen LogP contribution in [0.25, 0.3) is 0 Å². The molecule has 11 nitrogen and oxygen atoms in total. The summed E-state index contributed by atoms with van der Waals surface area (Å²) >= 11 is 0. The van der Waals surface area contributed by atoms with E-state index in [0.29, 0.717) is 17.5 Å². The molecule has 288 valence electrons. The van der Waals surface area contributed by atoms with Gasteiger partial charge in [0, 0.05) is 61.1 Å². The van der Waals surface area contributed by atoms with Crippen molar-refractivity contribution >= 4 is 33.2 Å². The summed E-state index contributed by atoms with van der Waals surface area (Å²) in [6.07, 6.45) is 8.18. The van der Waals surface area contributed by atoms with E-state index in [0.717, 1.165) is 102 Å². The fraction of sp³-hybridized carbons (Fsp3) is 0.488. The molecule has 3 aromatic rings. The number of ether oxygens (including phenoxy) is 1. The number of benzene rings is 2. The number of sulfone groups is 1. The first kappa shape index (κ1) is 38.0. The highest BCUT2D eigenvalue weighted by Gasteiger charge is 2.53. The Morgan fingerprint density at radius 1 is 0.981 bits per heavy atom. The van der Waals surface area contributed by atoms with Crippen LogP contribution in [0.4, 0.5) is 20.6 Å². The van der Waals surface area contributed by atoms with Gasteiger partial charge in [0.15, 0.2) is 5.03 Å². The van der Waals surface area contributed by atoms with Gasteiger partial charge < -0.3 is 30.1 Å². The third-order valence-corrected chi connectivity index (χ3v) is 13.9. The molecule has 4 aliphatic rings. The van der Waals surface area contributed by atoms with E-state index in [2.05, 4.69) is 43.0 Å². The monoisotopic (exact) mass is 758 g/mol. The Labute approximate surface area is 317 Å². The summed E-state index contributed by atoms with van der Waals surface area (Å²) in [6.45, 7) is 11.1. The Balaban J connectivity index is 0.990. The van der Waals surface area contributed by atoms with Crippen LogP contribution in [0, 0.1) is 23.6 Å². The number of nitrogens with one attached hydrogen (secondary N) is 2. The molecule has 4 heterocycles. The van der Waals surface area contributed by atoms with Crippen LogP contribution in [0.2, 0.25) is 0 Å². The van der Waals surface area contributed by atoms with Crippen LogP contribution in [0.1, 0.15) is 44.1 Å². The van der Waals surface area contributed by atoms with Gasteiger partial charge in [-0.3, -0.25) is 4.79 Å². The number of carbonyl (C=O) groups excluding carboxylic acids is 2. The predicted molar refractivity (Wildman–Crippen MR) is 206 cm³/mol. The summed E-state index contributed by atoms with van der Waals surface area (Å²) in [4.78, 5) is 35.7. The standard InChI is InChI=1S/C41H51FN6O5S/c1-3-38(49)44-33-15-18-43-39(24-33)54(51,52)35-13-11-34(12-14-35)48-26-29(27-48)25-46-21-16-30(17-22-46)41(28-47-19-6-20-47,31-7-4-8-32(42)23-31)36-9-5-10-37(36)45-40(50)53-2/h3-4,7-8,11-15,18,23-24,29-30,36-37H,1,5-6,9-10,16-17,19-22,25-28H2,2H3,(H,45,50)(H,43,44,49)/t36-,37-,41-/m0/s1. The van der Waals surface area contributed by atoms with E-state index < -0.39 is 21.8 Å². The molecular weight excluding hydrogens is 708 g/mol. The topological polar surface area (TPSA) is 124 Å². The second kappa shape index (κ2) is 16.2. The minimum Gasteiger partial charge on any atom is -0.453 e. The zero-order valence-corrected chi connectivity index (χ0v) is 31.8. The highest BCUT2D eigenvalue weighted by molar-refractivity contribution is 7.91. The van der Waals surface area contributed by atoms with Crippen molar-refractivity contribution < 1.29 is 27.1 Å². The maximum Gasteiger partial charge on any atom is 0.407 e. The maximum absolute atomic E-state index is 15.0. The number of alkyl carbamates (subject to hydrolysis) is 1. The maximum atomic E-state index is 15.0. The number of halogens is 1. The zero-order valence-electron chi connectivity index (χ0n) is 31.0. The summed E-state index contributed by atoms with van der Waals surface area (Å²) in [5.41, 5.74) is 2.08. The number of methoxy groups -OCH3 is 1. The number of piperidine rings is 1. The van der Waals surface area contributed by atoms with Gasteiger partial charge in [-0.1, -0.05) is 25.1 Å². The molecule has 7 rings (SSSR count). The Morgan fingerprint density at radius 2 is 1.74 bits per heavy atom. The molecule has 0 radical (unpaired) electrons. The lowest BCUT2D eigenvalue weighted by molar-refractivity contribution is -0.111. The molecule has 0 bridgehead atoms. The van der Waals surface area contributed by atoms with Crippen LogP contribution >= 0.6 is 0 Å². The van der Waals surface area contributed by atoms with Crippen molar-refractivity contribution in [1.29, 1.82) is 0 Å². The van der Waals surface area contributed by atoms with E-state index in [1.54, 1.807) is 18.2 Å². The van der Waals surface area contributed by atoms with Crippen LogP contribution in [0.3, 0.4) is 0 Å². The van der Waals surface area contributed by atoms with Gasteiger partial charge in [0.25, 0.3) is 0 Å². The summed E-state index contributed by atoms with van der Waals surface area (Å²) < 4.78 is 46.7. The molecule has 0 unspecified atom stereocenters. The molecule has 4 fully saturated rings. The number of anilines is 2. The quantitative estimate of drug-likeness (QED) is 0.218. The van der Waals surface area contributed by atoms with Crippen molar-refractivity contribution in [3.8, 4) is 0 Å². The number of rotatable bonds is 13. The first-order valence-electron chi connectivity index (χ1n) is 19.1. The molecule has 13 heteroatoms. The molecular formula is C41H51FN6O5S. The number of amides is 2. The SMILES string of the molecule is C=CC(=O)Nc1ccnc(S(=O)(=O)c2ccc(N3CC(CN4CCC([C@@](CN5CCC5)(c5cccc(F)c5)[C@H]5CCC[C@@H]5NC(=O)OC)CC4)C3)cc2)c1. The Morgan fingerprint density at radius 3 is 2.41 bits per heavy atom. The molecule has 3 atom stereocenters. The minimum atomic E-state index is -3.88. The Bertz CT molecular complexity index is 1930. The van der Waals surface area contributed by atoms with Crippen molar-refractivity contribution in [2.75, 3.05) is 69.7 Å². The molecule has 1 aromatic heterocycles. The average Bonchev–Trinajstić information content (AvgIpc) is 3.61. The average molecular weight is 759 g/mol.